The first-order valence-electron chi connectivity index (χ1n) is 6.91. The molecule has 3 aromatic rings. The number of aromatic nitrogens is 1. The number of alkyl halides is 3. The first-order valence-corrected chi connectivity index (χ1v) is 8.31. The SMILES string of the molecule is O=C(OS(=O)(=O)c1cccc(C(F)(F)F)c1)c1cc2ccccc2[nH]1. The number of carbonyl (C=O) groups is 1. The van der Waals surface area contributed by atoms with Crippen molar-refractivity contribution in [3.8, 4) is 0 Å². The fraction of sp³-hybridized carbons (Fsp3) is 0.0625. The van der Waals surface area contributed by atoms with Crippen LogP contribution < -0.4 is 0 Å². The summed E-state index contributed by atoms with van der Waals surface area (Å²) in [5.74, 6) is -1.21. The van der Waals surface area contributed by atoms with Crippen LogP contribution >= 0.6 is 0 Å². The van der Waals surface area contributed by atoms with Crippen molar-refractivity contribution in [3.63, 3.8) is 0 Å². The standard InChI is InChI=1S/C16H10F3NO4S/c17-16(18,19)11-5-3-6-12(9-11)25(22,23)24-15(21)14-8-10-4-1-2-7-13(10)20-14/h1-9,20H. The number of aromatic amines is 1. The Hall–Kier alpha value is -2.81. The summed E-state index contributed by atoms with van der Waals surface area (Å²) >= 11 is 0. The predicted molar refractivity (Wildman–Crippen MR) is 82.3 cm³/mol. The summed E-state index contributed by atoms with van der Waals surface area (Å²) in [6, 6.07) is 11.2. The van der Waals surface area contributed by atoms with Crippen molar-refractivity contribution >= 4 is 27.0 Å². The van der Waals surface area contributed by atoms with Crippen molar-refractivity contribution in [2.45, 2.75) is 11.1 Å². The number of H-pyrrole nitrogens is 1. The Morgan fingerprint density at radius 1 is 1.00 bits per heavy atom. The lowest BCUT2D eigenvalue weighted by molar-refractivity contribution is -0.137. The minimum absolute atomic E-state index is 0.128. The van der Waals surface area contributed by atoms with Gasteiger partial charge in [0.15, 0.2) is 0 Å². The Bertz CT molecular complexity index is 1020. The molecule has 5 nitrogen and oxygen atoms in total. The molecule has 0 unspecified atom stereocenters. The summed E-state index contributed by atoms with van der Waals surface area (Å²) in [4.78, 5) is 14.0. The van der Waals surface area contributed by atoms with Crippen molar-refractivity contribution in [2.24, 2.45) is 0 Å². The molecule has 0 radical (unpaired) electrons. The van der Waals surface area contributed by atoms with Crippen molar-refractivity contribution in [3.05, 3.63) is 65.9 Å². The quantitative estimate of drug-likeness (QED) is 0.714. The molecule has 0 spiro atoms. The lowest BCUT2D eigenvalue weighted by Crippen LogP contribution is -2.15. The number of rotatable bonds is 3. The Balaban J connectivity index is 1.89. The first kappa shape index (κ1) is 17.0. The number of para-hydroxylation sites is 1. The molecule has 25 heavy (non-hydrogen) atoms. The molecule has 1 aromatic heterocycles. The van der Waals surface area contributed by atoms with E-state index in [-0.39, 0.29) is 5.69 Å². The number of hydrogen-bond acceptors (Lipinski definition) is 4. The molecule has 130 valence electrons. The maximum absolute atomic E-state index is 12.7. The van der Waals surface area contributed by atoms with Crippen LogP contribution in [0.15, 0.2) is 59.5 Å². The van der Waals surface area contributed by atoms with Gasteiger partial charge in [0.1, 0.15) is 10.6 Å². The van der Waals surface area contributed by atoms with Crippen molar-refractivity contribution in [1.29, 1.82) is 0 Å². The fourth-order valence-corrected chi connectivity index (χ4v) is 3.11. The summed E-state index contributed by atoms with van der Waals surface area (Å²) in [5.41, 5.74) is -0.696. The van der Waals surface area contributed by atoms with Gasteiger partial charge in [-0.1, -0.05) is 24.3 Å². The Kier molecular flexibility index (Phi) is 4.03. The van der Waals surface area contributed by atoms with Crippen molar-refractivity contribution in [2.75, 3.05) is 0 Å². The third kappa shape index (κ3) is 3.50. The van der Waals surface area contributed by atoms with Gasteiger partial charge in [0.05, 0.1) is 5.56 Å². The van der Waals surface area contributed by atoms with Gasteiger partial charge in [0, 0.05) is 10.9 Å². The smallest absolute Gasteiger partial charge is 0.349 e. The maximum Gasteiger partial charge on any atom is 0.416 e. The molecule has 0 aliphatic rings. The molecule has 2 aromatic carbocycles. The van der Waals surface area contributed by atoms with Crippen LogP contribution in [-0.4, -0.2) is 19.4 Å². The highest BCUT2D eigenvalue weighted by atomic mass is 32.2. The number of benzene rings is 2. The van der Waals surface area contributed by atoms with Crippen LogP contribution in [0.1, 0.15) is 16.1 Å². The van der Waals surface area contributed by atoms with Gasteiger partial charge in [-0.3, -0.25) is 0 Å². The van der Waals surface area contributed by atoms with Gasteiger partial charge in [0.2, 0.25) is 0 Å². The van der Waals surface area contributed by atoms with Crippen LogP contribution in [0, 0.1) is 0 Å². The second-order valence-electron chi connectivity index (χ2n) is 5.12. The van der Waals surface area contributed by atoms with E-state index in [1.54, 1.807) is 24.3 Å². The van der Waals surface area contributed by atoms with Crippen LogP contribution in [0.5, 0.6) is 0 Å². The van der Waals surface area contributed by atoms with Gasteiger partial charge in [-0.25, -0.2) is 4.79 Å². The van der Waals surface area contributed by atoms with Gasteiger partial charge in [-0.15, -0.1) is 0 Å². The highest BCUT2D eigenvalue weighted by Crippen LogP contribution is 2.31. The van der Waals surface area contributed by atoms with Gasteiger partial charge >= 0.3 is 22.3 Å². The third-order valence-electron chi connectivity index (χ3n) is 3.39. The third-order valence-corrected chi connectivity index (χ3v) is 4.59. The molecule has 0 saturated heterocycles. The van der Waals surface area contributed by atoms with Crippen LogP contribution in [-0.2, 0) is 20.5 Å². The van der Waals surface area contributed by atoms with E-state index in [0.717, 1.165) is 18.2 Å². The minimum atomic E-state index is -4.72. The van der Waals surface area contributed by atoms with Crippen LogP contribution in [0.4, 0.5) is 13.2 Å². The van der Waals surface area contributed by atoms with Crippen LogP contribution in [0.25, 0.3) is 10.9 Å². The number of carbonyl (C=O) groups excluding carboxylic acids is 1. The van der Waals surface area contributed by atoms with Crippen molar-refractivity contribution in [1.82, 2.24) is 4.98 Å². The predicted octanol–water partition coefficient (Wildman–Crippen LogP) is 3.73. The number of hydrogen-bond donors (Lipinski definition) is 1. The molecule has 9 heteroatoms. The molecule has 0 aliphatic heterocycles. The Morgan fingerprint density at radius 2 is 1.72 bits per heavy atom. The topological polar surface area (TPSA) is 76.2 Å². The second kappa shape index (κ2) is 5.92. The molecule has 0 bridgehead atoms. The molecule has 0 fully saturated rings. The second-order valence-corrected chi connectivity index (χ2v) is 6.67. The van der Waals surface area contributed by atoms with E-state index in [0.29, 0.717) is 17.0 Å². The molecule has 3 rings (SSSR count). The zero-order valence-electron chi connectivity index (χ0n) is 12.4. The molecule has 0 saturated carbocycles. The molecule has 0 aliphatic carbocycles. The van der Waals surface area contributed by atoms with Crippen LogP contribution in [0.2, 0.25) is 0 Å². The Morgan fingerprint density at radius 3 is 2.40 bits per heavy atom. The lowest BCUT2D eigenvalue weighted by Gasteiger charge is -2.09. The van der Waals surface area contributed by atoms with E-state index in [1.807, 2.05) is 0 Å². The van der Waals surface area contributed by atoms with Gasteiger partial charge in [0.25, 0.3) is 0 Å². The molecular weight excluding hydrogens is 359 g/mol. The molecule has 1 N–H and O–H groups in total. The van der Waals surface area contributed by atoms with E-state index < -0.39 is 32.7 Å². The van der Waals surface area contributed by atoms with Crippen molar-refractivity contribution < 1.29 is 30.6 Å². The van der Waals surface area contributed by atoms with Gasteiger partial charge in [-0.05, 0) is 30.3 Å². The van der Waals surface area contributed by atoms with E-state index in [4.69, 9.17) is 0 Å². The van der Waals surface area contributed by atoms with E-state index in [2.05, 4.69) is 9.17 Å². The normalized spacial score (nSPS) is 12.3. The average molecular weight is 369 g/mol. The van der Waals surface area contributed by atoms with Gasteiger partial charge < -0.3 is 9.17 Å². The van der Waals surface area contributed by atoms with Crippen LogP contribution in [0.3, 0.4) is 0 Å². The number of fused-ring (bicyclic) bond motifs is 1. The summed E-state index contributed by atoms with van der Waals surface area (Å²) < 4.78 is 66.7. The highest BCUT2D eigenvalue weighted by Gasteiger charge is 2.32. The number of halogens is 3. The fourth-order valence-electron chi connectivity index (χ4n) is 2.20. The summed E-state index contributed by atoms with van der Waals surface area (Å²) in [7, 11) is -4.70. The zero-order chi connectivity index (χ0) is 18.2. The molecule has 0 amide bonds. The summed E-state index contributed by atoms with van der Waals surface area (Å²) in [6.07, 6.45) is -4.72. The minimum Gasteiger partial charge on any atom is -0.349 e. The Labute approximate surface area is 140 Å². The van der Waals surface area contributed by atoms with E-state index >= 15 is 0 Å². The average Bonchev–Trinajstić information content (AvgIpc) is 2.98. The lowest BCUT2D eigenvalue weighted by atomic mass is 10.2. The monoisotopic (exact) mass is 369 g/mol. The molecule has 0 atom stereocenters. The van der Waals surface area contributed by atoms with E-state index in [9.17, 15) is 26.4 Å². The maximum atomic E-state index is 12.7. The first-order chi connectivity index (χ1) is 11.7. The molecule has 1 heterocycles. The molecular formula is C16H10F3NO4S. The zero-order valence-corrected chi connectivity index (χ0v) is 13.2. The van der Waals surface area contributed by atoms with E-state index in [1.165, 1.54) is 6.07 Å². The summed E-state index contributed by atoms with van der Waals surface area (Å²) in [6.45, 7) is 0. The highest BCUT2D eigenvalue weighted by molar-refractivity contribution is 7.87. The number of nitrogens with one attached hydrogen (secondary N) is 1. The van der Waals surface area contributed by atoms with Gasteiger partial charge in [-0.2, -0.15) is 21.6 Å². The summed E-state index contributed by atoms with van der Waals surface area (Å²) in [5, 5.41) is 0.658. The largest absolute Gasteiger partial charge is 0.416 e.